The third-order valence-electron chi connectivity index (χ3n) is 3.77. The lowest BCUT2D eigenvalue weighted by Crippen LogP contribution is -2.51. The number of fused-ring (bicyclic) bond motifs is 1. The number of nitrogens with one attached hydrogen (secondary N) is 2. The average Bonchev–Trinajstić information content (AvgIpc) is 3.00. The number of carbonyl (C=O) groups is 1. The Morgan fingerprint density at radius 2 is 1.96 bits per heavy atom. The van der Waals surface area contributed by atoms with Gasteiger partial charge in [-0.05, 0) is 31.4 Å². The molecule has 132 valence electrons. The molecule has 0 aliphatic heterocycles. The first-order chi connectivity index (χ1) is 11.3. The number of rotatable bonds is 7. The van der Waals surface area contributed by atoms with Crippen molar-refractivity contribution >= 4 is 38.7 Å². The highest BCUT2D eigenvalue weighted by Crippen LogP contribution is 2.21. The van der Waals surface area contributed by atoms with E-state index in [0.29, 0.717) is 11.0 Å². The van der Waals surface area contributed by atoms with E-state index in [-0.39, 0.29) is 22.8 Å². The van der Waals surface area contributed by atoms with Crippen molar-refractivity contribution in [2.24, 2.45) is 5.92 Å². The van der Waals surface area contributed by atoms with Gasteiger partial charge >= 0.3 is 0 Å². The van der Waals surface area contributed by atoms with Crippen molar-refractivity contribution in [1.29, 1.82) is 0 Å². The van der Waals surface area contributed by atoms with Gasteiger partial charge in [-0.2, -0.15) is 13.5 Å². The number of nitrogens with zero attached hydrogens (tertiary/aromatic N) is 2. The van der Waals surface area contributed by atoms with E-state index in [1.807, 2.05) is 13.8 Å². The Balaban J connectivity index is 2.31. The average molecular weight is 371 g/mol. The molecule has 7 nitrogen and oxygen atoms in total. The van der Waals surface area contributed by atoms with Crippen LogP contribution in [0.2, 0.25) is 0 Å². The Bertz CT molecular complexity index is 817. The Kier molecular flexibility index (Phi) is 5.89. The summed E-state index contributed by atoms with van der Waals surface area (Å²) in [6, 6.07) is 3.91. The van der Waals surface area contributed by atoms with E-state index in [0.717, 1.165) is 18.1 Å². The summed E-state index contributed by atoms with van der Waals surface area (Å²) < 4.78 is 36.2. The molecule has 0 saturated carbocycles. The Morgan fingerprint density at radius 1 is 1.25 bits per heavy atom. The summed E-state index contributed by atoms with van der Waals surface area (Å²) >= 11 is 0.955. The molecule has 1 heterocycles. The number of aromatic nitrogens is 2. The van der Waals surface area contributed by atoms with E-state index in [1.165, 1.54) is 6.07 Å². The molecule has 2 atom stereocenters. The van der Waals surface area contributed by atoms with Gasteiger partial charge in [0.05, 0.1) is 11.7 Å². The molecule has 2 rings (SSSR count). The lowest BCUT2D eigenvalue weighted by molar-refractivity contribution is -0.124. The van der Waals surface area contributed by atoms with Gasteiger partial charge in [0, 0.05) is 6.04 Å². The number of carbonyl (C=O) groups excluding carboxylic acids is 1. The molecule has 0 radical (unpaired) electrons. The van der Waals surface area contributed by atoms with E-state index in [1.54, 1.807) is 26.0 Å². The maximum absolute atomic E-state index is 12.8. The molecule has 0 aliphatic rings. The molecule has 0 saturated heterocycles. The van der Waals surface area contributed by atoms with Gasteiger partial charge in [-0.3, -0.25) is 4.79 Å². The Morgan fingerprint density at radius 3 is 2.58 bits per heavy atom. The number of benzene rings is 1. The van der Waals surface area contributed by atoms with Crippen molar-refractivity contribution in [1.82, 2.24) is 18.8 Å². The van der Waals surface area contributed by atoms with Crippen LogP contribution in [0, 0.1) is 5.92 Å². The molecular weight excluding hydrogens is 348 g/mol. The summed E-state index contributed by atoms with van der Waals surface area (Å²) in [4.78, 5) is 12.5. The summed E-state index contributed by atoms with van der Waals surface area (Å²) in [5, 5.41) is 2.83. The van der Waals surface area contributed by atoms with E-state index in [2.05, 4.69) is 18.8 Å². The summed E-state index contributed by atoms with van der Waals surface area (Å²) in [5.74, 6) is -0.525. The zero-order chi connectivity index (χ0) is 17.9. The fourth-order valence-electron chi connectivity index (χ4n) is 2.16. The third-order valence-corrected chi connectivity index (χ3v) is 5.79. The summed E-state index contributed by atoms with van der Waals surface area (Å²) in [6.45, 7) is 7.43. The molecule has 0 aliphatic carbocycles. The van der Waals surface area contributed by atoms with Gasteiger partial charge in [0.2, 0.25) is 15.9 Å². The predicted molar refractivity (Wildman–Crippen MR) is 94.3 cm³/mol. The molecule has 1 aromatic carbocycles. The van der Waals surface area contributed by atoms with E-state index in [9.17, 15) is 13.2 Å². The van der Waals surface area contributed by atoms with Crippen LogP contribution in [0.3, 0.4) is 0 Å². The van der Waals surface area contributed by atoms with Gasteiger partial charge in [0.15, 0.2) is 0 Å². The number of sulfonamides is 1. The van der Waals surface area contributed by atoms with Gasteiger partial charge in [-0.25, -0.2) is 8.42 Å². The largest absolute Gasteiger partial charge is 0.352 e. The van der Waals surface area contributed by atoms with Crippen LogP contribution in [-0.4, -0.2) is 35.2 Å². The first-order valence-corrected chi connectivity index (χ1v) is 10.0. The fourth-order valence-corrected chi connectivity index (χ4v) is 4.27. The van der Waals surface area contributed by atoms with Gasteiger partial charge in [0.25, 0.3) is 0 Å². The first kappa shape index (κ1) is 18.8. The highest BCUT2D eigenvalue weighted by Gasteiger charge is 2.30. The van der Waals surface area contributed by atoms with E-state index in [4.69, 9.17) is 0 Å². The summed E-state index contributed by atoms with van der Waals surface area (Å²) in [7, 11) is -3.90. The molecule has 9 heteroatoms. The van der Waals surface area contributed by atoms with Crippen molar-refractivity contribution in [3.05, 3.63) is 18.2 Å². The number of hydrogen-bond acceptors (Lipinski definition) is 6. The van der Waals surface area contributed by atoms with Crippen LogP contribution in [0.25, 0.3) is 11.0 Å². The molecule has 24 heavy (non-hydrogen) atoms. The highest BCUT2D eigenvalue weighted by atomic mass is 32.2. The van der Waals surface area contributed by atoms with Crippen molar-refractivity contribution in [2.75, 3.05) is 0 Å². The van der Waals surface area contributed by atoms with Gasteiger partial charge in [-0.1, -0.05) is 26.8 Å². The second kappa shape index (κ2) is 7.54. The van der Waals surface area contributed by atoms with Crippen LogP contribution < -0.4 is 10.0 Å². The zero-order valence-electron chi connectivity index (χ0n) is 14.1. The second-order valence-electron chi connectivity index (χ2n) is 6.05. The second-order valence-corrected chi connectivity index (χ2v) is 8.26. The molecule has 2 aromatic rings. The topological polar surface area (TPSA) is 101 Å². The minimum absolute atomic E-state index is 0.0190. The predicted octanol–water partition coefficient (Wildman–Crippen LogP) is 1.91. The molecule has 2 N–H and O–H groups in total. The lowest BCUT2D eigenvalue weighted by atomic mass is 10.0. The standard InChI is InChI=1S/C15H22N4O3S2/c1-5-10(4)16-15(20)13(9(2)3)19-24(21,22)12-8-6-7-11-14(12)18-23-17-11/h6-10,13,19H,5H2,1-4H3,(H,16,20)/t10-,13+/m1/s1. The van der Waals surface area contributed by atoms with Crippen molar-refractivity contribution < 1.29 is 13.2 Å². The molecule has 0 bridgehead atoms. The van der Waals surface area contributed by atoms with Crippen LogP contribution in [0.4, 0.5) is 0 Å². The minimum Gasteiger partial charge on any atom is -0.352 e. The van der Waals surface area contributed by atoms with Crippen LogP contribution in [0.1, 0.15) is 34.1 Å². The van der Waals surface area contributed by atoms with E-state index >= 15 is 0 Å². The zero-order valence-corrected chi connectivity index (χ0v) is 15.7. The van der Waals surface area contributed by atoms with Crippen LogP contribution >= 0.6 is 11.7 Å². The SMILES string of the molecule is CC[C@@H](C)NC(=O)[C@@H](NS(=O)(=O)c1cccc2nsnc12)C(C)C. The van der Waals surface area contributed by atoms with Gasteiger partial charge in [0.1, 0.15) is 22.0 Å². The first-order valence-electron chi connectivity index (χ1n) is 7.80. The molecule has 0 unspecified atom stereocenters. The smallest absolute Gasteiger partial charge is 0.243 e. The third kappa shape index (κ3) is 4.08. The summed E-state index contributed by atoms with van der Waals surface area (Å²) in [5.41, 5.74) is 0.841. The maximum atomic E-state index is 12.8. The van der Waals surface area contributed by atoms with Crippen molar-refractivity contribution in [3.8, 4) is 0 Å². The van der Waals surface area contributed by atoms with Crippen molar-refractivity contribution in [3.63, 3.8) is 0 Å². The normalized spacial score (nSPS) is 14.7. The fraction of sp³-hybridized carbons (Fsp3) is 0.533. The van der Waals surface area contributed by atoms with Crippen LogP contribution in [0.15, 0.2) is 23.1 Å². The molecule has 1 aromatic heterocycles. The molecular formula is C15H22N4O3S2. The summed E-state index contributed by atoms with van der Waals surface area (Å²) in [6.07, 6.45) is 0.771. The Labute approximate surface area is 146 Å². The minimum atomic E-state index is -3.90. The number of amides is 1. The van der Waals surface area contributed by atoms with Crippen LogP contribution in [-0.2, 0) is 14.8 Å². The van der Waals surface area contributed by atoms with Crippen LogP contribution in [0.5, 0.6) is 0 Å². The monoisotopic (exact) mass is 370 g/mol. The highest BCUT2D eigenvalue weighted by molar-refractivity contribution is 7.89. The quantitative estimate of drug-likeness (QED) is 0.775. The van der Waals surface area contributed by atoms with Gasteiger partial charge < -0.3 is 5.32 Å². The molecule has 0 fully saturated rings. The molecule has 0 spiro atoms. The lowest BCUT2D eigenvalue weighted by Gasteiger charge is -2.23. The Hall–Kier alpha value is -1.58. The molecule has 1 amide bonds. The van der Waals surface area contributed by atoms with E-state index < -0.39 is 16.1 Å². The van der Waals surface area contributed by atoms with Gasteiger partial charge in [-0.15, -0.1) is 0 Å². The van der Waals surface area contributed by atoms with Crippen molar-refractivity contribution in [2.45, 2.75) is 51.1 Å². The maximum Gasteiger partial charge on any atom is 0.243 e. The number of hydrogen-bond donors (Lipinski definition) is 2.